The van der Waals surface area contributed by atoms with Gasteiger partial charge in [-0.2, -0.15) is 0 Å². The smallest absolute Gasteiger partial charge is 0.349 e. The van der Waals surface area contributed by atoms with Crippen LogP contribution in [0, 0.1) is 0 Å². The number of amides is 1. The normalized spacial score (nSPS) is 10.6. The van der Waals surface area contributed by atoms with Gasteiger partial charge in [-0.3, -0.25) is 4.79 Å². The first-order valence-electron chi connectivity index (χ1n) is 5.77. The first-order chi connectivity index (χ1) is 9.56. The maximum absolute atomic E-state index is 11.8. The average molecular weight is 342 g/mol. The van der Waals surface area contributed by atoms with E-state index < -0.39 is 11.5 Å². The van der Waals surface area contributed by atoms with Gasteiger partial charge in [-0.15, -0.1) is 0 Å². The molecule has 0 spiro atoms. The van der Waals surface area contributed by atoms with E-state index in [2.05, 4.69) is 21.2 Å². The van der Waals surface area contributed by atoms with Gasteiger partial charge in [0.15, 0.2) is 11.3 Å². The lowest BCUT2D eigenvalue weighted by atomic mass is 10.1. The molecule has 6 nitrogen and oxygen atoms in total. The van der Waals surface area contributed by atoms with Gasteiger partial charge >= 0.3 is 5.63 Å². The number of carbonyl (C=O) groups excluding carboxylic acids is 1. The number of aliphatic hydroxyl groups excluding tert-OH is 1. The van der Waals surface area contributed by atoms with Crippen molar-refractivity contribution in [2.45, 2.75) is 0 Å². The van der Waals surface area contributed by atoms with E-state index in [1.165, 1.54) is 13.2 Å². The molecular formula is C13H12BrNO5. The molecule has 0 atom stereocenters. The molecule has 0 bridgehead atoms. The maximum atomic E-state index is 11.8. The van der Waals surface area contributed by atoms with Gasteiger partial charge in [0.05, 0.1) is 13.7 Å². The van der Waals surface area contributed by atoms with Crippen molar-refractivity contribution in [1.82, 2.24) is 5.32 Å². The topological polar surface area (TPSA) is 88.8 Å². The molecule has 0 aliphatic heterocycles. The number of ether oxygens (including phenoxy) is 1. The molecule has 106 valence electrons. The Morgan fingerprint density at radius 3 is 2.85 bits per heavy atom. The number of rotatable bonds is 4. The Morgan fingerprint density at radius 2 is 2.20 bits per heavy atom. The average Bonchev–Trinajstić information content (AvgIpc) is 2.43. The summed E-state index contributed by atoms with van der Waals surface area (Å²) in [4.78, 5) is 23.6. The third kappa shape index (κ3) is 2.83. The second kappa shape index (κ2) is 6.06. The van der Waals surface area contributed by atoms with E-state index in [1.54, 1.807) is 12.1 Å². The number of benzene rings is 1. The summed E-state index contributed by atoms with van der Waals surface area (Å²) in [5, 5.41) is 11.6. The molecule has 0 aliphatic carbocycles. The third-order valence-electron chi connectivity index (χ3n) is 2.62. The Hall–Kier alpha value is -1.86. The van der Waals surface area contributed by atoms with E-state index in [0.29, 0.717) is 11.1 Å². The summed E-state index contributed by atoms with van der Waals surface area (Å²) in [5.74, 6) is -0.192. The van der Waals surface area contributed by atoms with Crippen molar-refractivity contribution in [2.24, 2.45) is 0 Å². The Balaban J connectivity index is 2.57. The predicted octanol–water partition coefficient (Wildman–Crippen LogP) is 1.29. The zero-order valence-electron chi connectivity index (χ0n) is 10.6. The van der Waals surface area contributed by atoms with E-state index in [4.69, 9.17) is 14.3 Å². The summed E-state index contributed by atoms with van der Waals surface area (Å²) in [6, 6.07) is 4.81. The van der Waals surface area contributed by atoms with Crippen LogP contribution >= 0.6 is 15.9 Å². The highest BCUT2D eigenvalue weighted by molar-refractivity contribution is 9.10. The van der Waals surface area contributed by atoms with E-state index in [-0.39, 0.29) is 24.3 Å². The molecule has 2 rings (SSSR count). The largest absolute Gasteiger partial charge is 0.493 e. The predicted molar refractivity (Wildman–Crippen MR) is 76.2 cm³/mol. The minimum atomic E-state index is -0.756. The number of aliphatic hydroxyl groups is 1. The van der Waals surface area contributed by atoms with Crippen LogP contribution in [-0.2, 0) is 0 Å². The van der Waals surface area contributed by atoms with Crippen molar-refractivity contribution in [3.8, 4) is 5.75 Å². The van der Waals surface area contributed by atoms with Crippen molar-refractivity contribution in [2.75, 3.05) is 20.3 Å². The Kier molecular flexibility index (Phi) is 4.41. The highest BCUT2D eigenvalue weighted by Gasteiger charge is 2.15. The lowest BCUT2D eigenvalue weighted by molar-refractivity contribution is 0.0941. The van der Waals surface area contributed by atoms with Crippen LogP contribution in [0.3, 0.4) is 0 Å². The van der Waals surface area contributed by atoms with Gasteiger partial charge in [0.2, 0.25) is 0 Å². The monoisotopic (exact) mass is 341 g/mol. The minimum absolute atomic E-state index is 0.0676. The van der Waals surface area contributed by atoms with Crippen molar-refractivity contribution in [3.05, 3.63) is 38.7 Å². The van der Waals surface area contributed by atoms with Gasteiger partial charge in [0.25, 0.3) is 5.91 Å². The molecule has 2 aromatic rings. The van der Waals surface area contributed by atoms with Crippen molar-refractivity contribution < 1.29 is 19.1 Å². The summed E-state index contributed by atoms with van der Waals surface area (Å²) in [6.45, 7) is -0.137. The standard InChI is InChI=1S/C13H12BrNO5/c1-19-10-6-8(14)4-7-5-9(12(17)15-2-3-16)13(18)20-11(7)10/h4-6,16H,2-3H2,1H3,(H,15,17). The van der Waals surface area contributed by atoms with E-state index >= 15 is 0 Å². The van der Waals surface area contributed by atoms with Crippen LogP contribution in [0.25, 0.3) is 11.0 Å². The number of carbonyl (C=O) groups is 1. The van der Waals surface area contributed by atoms with Crippen molar-refractivity contribution in [1.29, 1.82) is 0 Å². The third-order valence-corrected chi connectivity index (χ3v) is 3.08. The van der Waals surface area contributed by atoms with Crippen LogP contribution in [-0.4, -0.2) is 31.3 Å². The van der Waals surface area contributed by atoms with Gasteiger partial charge in [-0.1, -0.05) is 15.9 Å². The number of halogens is 1. The molecule has 0 aliphatic rings. The zero-order valence-corrected chi connectivity index (χ0v) is 12.2. The molecule has 1 amide bonds. The summed E-state index contributed by atoms with van der Waals surface area (Å²) in [7, 11) is 1.46. The molecule has 2 N–H and O–H groups in total. The fraction of sp³-hybridized carbons (Fsp3) is 0.231. The summed E-state index contributed by atoms with van der Waals surface area (Å²) >= 11 is 3.31. The van der Waals surface area contributed by atoms with Crippen LogP contribution in [0.1, 0.15) is 10.4 Å². The van der Waals surface area contributed by atoms with E-state index in [0.717, 1.165) is 4.47 Å². The van der Waals surface area contributed by atoms with E-state index in [1.807, 2.05) is 0 Å². The minimum Gasteiger partial charge on any atom is -0.493 e. The summed E-state index contributed by atoms with van der Waals surface area (Å²) < 4.78 is 11.0. The molecule has 0 saturated heterocycles. The van der Waals surface area contributed by atoms with Crippen LogP contribution in [0.15, 0.2) is 31.9 Å². The van der Waals surface area contributed by atoms with Crippen LogP contribution in [0.5, 0.6) is 5.75 Å². The lowest BCUT2D eigenvalue weighted by Gasteiger charge is -2.07. The Morgan fingerprint density at radius 1 is 1.45 bits per heavy atom. The number of methoxy groups -OCH3 is 1. The molecule has 1 heterocycles. The van der Waals surface area contributed by atoms with Crippen LogP contribution in [0.2, 0.25) is 0 Å². The highest BCUT2D eigenvalue weighted by atomic mass is 79.9. The lowest BCUT2D eigenvalue weighted by Crippen LogP contribution is -2.30. The Bertz CT molecular complexity index is 710. The highest BCUT2D eigenvalue weighted by Crippen LogP contribution is 2.29. The molecule has 0 fully saturated rings. The van der Waals surface area contributed by atoms with Crippen molar-refractivity contribution >= 4 is 32.8 Å². The van der Waals surface area contributed by atoms with E-state index in [9.17, 15) is 9.59 Å². The molecule has 0 radical (unpaired) electrons. The van der Waals surface area contributed by atoms with Crippen molar-refractivity contribution in [3.63, 3.8) is 0 Å². The van der Waals surface area contributed by atoms with Gasteiger partial charge in [-0.05, 0) is 18.2 Å². The second-order valence-corrected chi connectivity index (χ2v) is 4.87. The first-order valence-corrected chi connectivity index (χ1v) is 6.56. The molecule has 20 heavy (non-hydrogen) atoms. The molecule has 1 aromatic heterocycles. The number of nitrogens with one attached hydrogen (secondary N) is 1. The molecule has 1 aromatic carbocycles. The fourth-order valence-corrected chi connectivity index (χ4v) is 2.20. The number of fused-ring (bicyclic) bond motifs is 1. The maximum Gasteiger partial charge on any atom is 0.349 e. The molecular weight excluding hydrogens is 330 g/mol. The van der Waals surface area contributed by atoms with Crippen LogP contribution < -0.4 is 15.7 Å². The zero-order chi connectivity index (χ0) is 14.7. The summed E-state index contributed by atoms with van der Waals surface area (Å²) in [5.41, 5.74) is -0.598. The molecule has 7 heteroatoms. The molecule has 0 unspecified atom stereocenters. The second-order valence-electron chi connectivity index (χ2n) is 3.95. The number of hydrogen-bond acceptors (Lipinski definition) is 5. The molecule has 0 saturated carbocycles. The van der Waals surface area contributed by atoms with Crippen LogP contribution in [0.4, 0.5) is 0 Å². The number of hydrogen-bond donors (Lipinski definition) is 2. The summed E-state index contributed by atoms with van der Waals surface area (Å²) in [6.07, 6.45) is 0. The van der Waals surface area contributed by atoms with Gasteiger partial charge < -0.3 is 19.6 Å². The quantitative estimate of drug-likeness (QED) is 0.818. The van der Waals surface area contributed by atoms with Gasteiger partial charge in [-0.25, -0.2) is 4.79 Å². The SMILES string of the molecule is COc1cc(Br)cc2cc(C(=O)NCCO)c(=O)oc12. The van der Waals surface area contributed by atoms with Gasteiger partial charge in [0, 0.05) is 16.4 Å². The van der Waals surface area contributed by atoms with Gasteiger partial charge in [0.1, 0.15) is 5.56 Å². The fourth-order valence-electron chi connectivity index (χ4n) is 1.74. The first kappa shape index (κ1) is 14.5. The Labute approximate surface area is 122 Å².